The maximum atomic E-state index is 13.1. The average molecular weight is 271 g/mol. The molecule has 1 atom stereocenters. The molecule has 0 spiro atoms. The predicted octanol–water partition coefficient (Wildman–Crippen LogP) is 2.17. The molecule has 1 aromatic carbocycles. The van der Waals surface area contributed by atoms with E-state index in [0.29, 0.717) is 25.2 Å². The summed E-state index contributed by atoms with van der Waals surface area (Å²) in [6.45, 7) is 5.42. The molecule has 1 aromatic rings. The number of oxime groups is 1. The highest BCUT2D eigenvalue weighted by Crippen LogP contribution is 2.12. The summed E-state index contributed by atoms with van der Waals surface area (Å²) in [5.74, 6) is -1.17. The standard InChI is InChI=1S/C13H19F2N3O/c1-3-18(7-9(2)13(16)17-19)8-10-4-11(14)6-12(15)5-10/h4-6,9,19H,3,7-8H2,1-2H3,(H2,16,17). The normalized spacial score (nSPS) is 13.8. The highest BCUT2D eigenvalue weighted by Gasteiger charge is 2.13. The van der Waals surface area contributed by atoms with E-state index in [1.165, 1.54) is 12.1 Å². The van der Waals surface area contributed by atoms with E-state index in [1.807, 2.05) is 18.7 Å². The van der Waals surface area contributed by atoms with Crippen molar-refractivity contribution in [1.29, 1.82) is 0 Å². The first-order valence-corrected chi connectivity index (χ1v) is 6.11. The van der Waals surface area contributed by atoms with Crippen LogP contribution < -0.4 is 5.73 Å². The third-order valence-corrected chi connectivity index (χ3v) is 2.93. The Hall–Kier alpha value is -1.69. The monoisotopic (exact) mass is 271 g/mol. The van der Waals surface area contributed by atoms with E-state index in [9.17, 15) is 8.78 Å². The van der Waals surface area contributed by atoms with Crippen LogP contribution in [-0.2, 0) is 6.54 Å². The molecule has 0 heterocycles. The van der Waals surface area contributed by atoms with Crippen LogP contribution in [0.3, 0.4) is 0 Å². The smallest absolute Gasteiger partial charge is 0.143 e. The van der Waals surface area contributed by atoms with Gasteiger partial charge in [-0.1, -0.05) is 19.0 Å². The predicted molar refractivity (Wildman–Crippen MR) is 69.9 cm³/mol. The zero-order chi connectivity index (χ0) is 14.4. The number of nitrogens with two attached hydrogens (primary N) is 1. The van der Waals surface area contributed by atoms with Gasteiger partial charge in [-0.25, -0.2) is 8.78 Å². The van der Waals surface area contributed by atoms with Crippen molar-refractivity contribution in [2.24, 2.45) is 16.8 Å². The fourth-order valence-electron chi connectivity index (χ4n) is 1.85. The van der Waals surface area contributed by atoms with Gasteiger partial charge in [-0.3, -0.25) is 4.90 Å². The molecule has 106 valence electrons. The molecule has 6 heteroatoms. The van der Waals surface area contributed by atoms with Crippen LogP contribution in [0.2, 0.25) is 0 Å². The van der Waals surface area contributed by atoms with Gasteiger partial charge in [0.05, 0.1) is 0 Å². The van der Waals surface area contributed by atoms with Gasteiger partial charge in [-0.15, -0.1) is 0 Å². The van der Waals surface area contributed by atoms with Gasteiger partial charge in [0.25, 0.3) is 0 Å². The highest BCUT2D eigenvalue weighted by molar-refractivity contribution is 5.82. The van der Waals surface area contributed by atoms with Crippen molar-refractivity contribution in [1.82, 2.24) is 4.90 Å². The molecular formula is C13H19F2N3O. The number of benzene rings is 1. The molecule has 1 unspecified atom stereocenters. The van der Waals surface area contributed by atoms with E-state index in [0.717, 1.165) is 6.07 Å². The Labute approximate surface area is 111 Å². The van der Waals surface area contributed by atoms with Crippen molar-refractivity contribution >= 4 is 5.84 Å². The van der Waals surface area contributed by atoms with Crippen molar-refractivity contribution in [3.05, 3.63) is 35.4 Å². The minimum atomic E-state index is -0.587. The molecular weight excluding hydrogens is 252 g/mol. The maximum absolute atomic E-state index is 13.1. The van der Waals surface area contributed by atoms with Gasteiger partial charge in [0.1, 0.15) is 17.5 Å². The minimum absolute atomic E-state index is 0.136. The summed E-state index contributed by atoms with van der Waals surface area (Å²) in [4.78, 5) is 1.97. The van der Waals surface area contributed by atoms with Crippen LogP contribution in [0.15, 0.2) is 23.4 Å². The van der Waals surface area contributed by atoms with Gasteiger partial charge in [0, 0.05) is 25.1 Å². The Bertz CT molecular complexity index is 431. The first-order chi connectivity index (χ1) is 8.96. The second kappa shape index (κ2) is 7.04. The lowest BCUT2D eigenvalue weighted by atomic mass is 10.1. The molecule has 0 aromatic heterocycles. The van der Waals surface area contributed by atoms with E-state index in [2.05, 4.69) is 5.16 Å². The number of rotatable bonds is 6. The van der Waals surface area contributed by atoms with Gasteiger partial charge in [0.2, 0.25) is 0 Å². The van der Waals surface area contributed by atoms with E-state index >= 15 is 0 Å². The van der Waals surface area contributed by atoms with Crippen LogP contribution in [0.5, 0.6) is 0 Å². The summed E-state index contributed by atoms with van der Waals surface area (Å²) < 4.78 is 26.2. The SMILES string of the molecule is CCN(Cc1cc(F)cc(F)c1)CC(C)/C(N)=N/O. The molecule has 0 aliphatic heterocycles. The summed E-state index contributed by atoms with van der Waals surface area (Å²) in [7, 11) is 0. The molecule has 0 saturated heterocycles. The molecule has 0 radical (unpaired) electrons. The van der Waals surface area contributed by atoms with Gasteiger partial charge in [-0.2, -0.15) is 0 Å². The molecule has 0 fully saturated rings. The van der Waals surface area contributed by atoms with Crippen LogP contribution in [0.4, 0.5) is 8.78 Å². The summed E-state index contributed by atoms with van der Waals surface area (Å²) in [5.41, 5.74) is 6.08. The second-order valence-corrected chi connectivity index (χ2v) is 4.53. The molecule has 0 bridgehead atoms. The lowest BCUT2D eigenvalue weighted by molar-refractivity contribution is 0.257. The van der Waals surface area contributed by atoms with Crippen LogP contribution in [0.1, 0.15) is 19.4 Å². The number of halogens is 2. The molecule has 0 saturated carbocycles. The Morgan fingerprint density at radius 1 is 1.37 bits per heavy atom. The Morgan fingerprint density at radius 3 is 2.42 bits per heavy atom. The summed E-state index contributed by atoms with van der Waals surface area (Å²) in [6, 6.07) is 3.46. The summed E-state index contributed by atoms with van der Waals surface area (Å²) in [6.07, 6.45) is 0. The van der Waals surface area contributed by atoms with E-state index in [4.69, 9.17) is 10.9 Å². The minimum Gasteiger partial charge on any atom is -0.409 e. The van der Waals surface area contributed by atoms with E-state index in [1.54, 1.807) is 0 Å². The zero-order valence-electron chi connectivity index (χ0n) is 11.1. The molecule has 3 N–H and O–H groups in total. The second-order valence-electron chi connectivity index (χ2n) is 4.53. The molecule has 0 amide bonds. The first kappa shape index (κ1) is 15.4. The summed E-state index contributed by atoms with van der Waals surface area (Å²) in [5, 5.41) is 11.6. The van der Waals surface area contributed by atoms with Crippen LogP contribution >= 0.6 is 0 Å². The third kappa shape index (κ3) is 4.82. The van der Waals surface area contributed by atoms with E-state index in [-0.39, 0.29) is 11.8 Å². The fraction of sp³-hybridized carbons (Fsp3) is 0.462. The van der Waals surface area contributed by atoms with Gasteiger partial charge < -0.3 is 10.9 Å². The molecule has 4 nitrogen and oxygen atoms in total. The van der Waals surface area contributed by atoms with Crippen LogP contribution in [-0.4, -0.2) is 29.0 Å². The summed E-state index contributed by atoms with van der Waals surface area (Å²) >= 11 is 0. The Morgan fingerprint density at radius 2 is 1.95 bits per heavy atom. The van der Waals surface area contributed by atoms with Gasteiger partial charge in [-0.05, 0) is 24.2 Å². The Balaban J connectivity index is 2.71. The van der Waals surface area contributed by atoms with Crippen LogP contribution in [0, 0.1) is 17.6 Å². The number of nitrogens with zero attached hydrogens (tertiary/aromatic N) is 2. The van der Waals surface area contributed by atoms with Crippen LogP contribution in [0.25, 0.3) is 0 Å². The molecule has 19 heavy (non-hydrogen) atoms. The highest BCUT2D eigenvalue weighted by atomic mass is 19.1. The lowest BCUT2D eigenvalue weighted by Crippen LogP contribution is -2.34. The zero-order valence-corrected chi connectivity index (χ0v) is 11.1. The van der Waals surface area contributed by atoms with Crippen molar-refractivity contribution in [2.75, 3.05) is 13.1 Å². The van der Waals surface area contributed by atoms with Crippen molar-refractivity contribution in [3.63, 3.8) is 0 Å². The first-order valence-electron chi connectivity index (χ1n) is 6.11. The average Bonchev–Trinajstić information content (AvgIpc) is 2.35. The third-order valence-electron chi connectivity index (χ3n) is 2.93. The molecule has 1 rings (SSSR count). The maximum Gasteiger partial charge on any atom is 0.143 e. The largest absolute Gasteiger partial charge is 0.409 e. The number of amidine groups is 1. The van der Waals surface area contributed by atoms with Gasteiger partial charge >= 0.3 is 0 Å². The van der Waals surface area contributed by atoms with Crippen molar-refractivity contribution in [2.45, 2.75) is 20.4 Å². The fourth-order valence-corrected chi connectivity index (χ4v) is 1.85. The lowest BCUT2D eigenvalue weighted by Gasteiger charge is -2.23. The van der Waals surface area contributed by atoms with Crippen molar-refractivity contribution in [3.8, 4) is 0 Å². The number of hydrogen-bond donors (Lipinski definition) is 2. The van der Waals surface area contributed by atoms with Crippen molar-refractivity contribution < 1.29 is 14.0 Å². The molecule has 0 aliphatic rings. The van der Waals surface area contributed by atoms with Gasteiger partial charge in [0.15, 0.2) is 0 Å². The van der Waals surface area contributed by atoms with E-state index < -0.39 is 11.6 Å². The molecule has 0 aliphatic carbocycles. The Kier molecular flexibility index (Phi) is 5.69. The quantitative estimate of drug-likeness (QED) is 0.361. The topological polar surface area (TPSA) is 61.8 Å². The number of hydrogen-bond acceptors (Lipinski definition) is 3.